The first-order valence-corrected chi connectivity index (χ1v) is 0. The summed E-state index contributed by atoms with van der Waals surface area (Å²) in [5.41, 5.74) is 0. The second kappa shape index (κ2) is 70.5. The molecule has 0 atom stereocenters. The first-order chi connectivity index (χ1) is 0. The molecule has 40 valence electrons. The minimum absolute atomic E-state index is 0. The van der Waals surface area contributed by atoms with E-state index < -0.39 is 0 Å². The maximum atomic E-state index is 0. The first kappa shape index (κ1) is 100. The molecule has 7 heavy (non-hydrogen) atoms. The first-order valence-electron chi connectivity index (χ1n) is 0. The van der Waals surface area contributed by atoms with Gasteiger partial charge < -0.3 is 16.4 Å². The molecule has 0 spiro atoms. The molecule has 0 saturated heterocycles. The van der Waals surface area contributed by atoms with Crippen molar-refractivity contribution in [2.45, 2.75) is 0 Å². The second-order valence-electron chi connectivity index (χ2n) is 0. The minimum Gasteiger partial charge on any atom is -2.00 e. The molecular weight excluding hydrogens is 570 g/mol. The summed E-state index contributed by atoms with van der Waals surface area (Å²) in [7, 11) is 0. The molecule has 0 heterocycles. The summed E-state index contributed by atoms with van der Waals surface area (Å²) in [5.74, 6) is 0. The van der Waals surface area contributed by atoms with Gasteiger partial charge >= 0.3 is 34.7 Å². The van der Waals surface area contributed by atoms with Crippen molar-refractivity contribution in [3.63, 3.8) is 0 Å². The Kier molecular flexibility index (Phi) is 1010. The fourth-order valence-corrected chi connectivity index (χ4v) is 0. The Morgan fingerprint density at radius 2 is 0.429 bits per heavy atom. The fourth-order valence-electron chi connectivity index (χ4n) is 0. The summed E-state index contributed by atoms with van der Waals surface area (Å²) in [6.07, 6.45) is 0. The van der Waals surface area contributed by atoms with Crippen molar-refractivity contribution in [2.75, 3.05) is 0 Å². The third-order valence-electron chi connectivity index (χ3n) is 0. The second-order valence-corrected chi connectivity index (χ2v) is 0. The van der Waals surface area contributed by atoms with Crippen LogP contribution in [0.3, 0.4) is 0 Å². The molecule has 0 aliphatic heterocycles. The van der Waals surface area contributed by atoms with Crippen LogP contribution in [-0.4, -0.2) is 52.4 Å². The number of hydrogen-bond acceptors (Lipinski definition) is 0. The van der Waals surface area contributed by atoms with Gasteiger partial charge in [0.2, 0.25) is 0 Å². The zero-order valence-corrected chi connectivity index (χ0v) is 12.4. The Morgan fingerprint density at radius 3 is 0.429 bits per heavy atom. The summed E-state index contributed by atoms with van der Waals surface area (Å²) in [6, 6.07) is 0. The van der Waals surface area contributed by atoms with E-state index in [2.05, 4.69) is 0 Å². The van der Waals surface area contributed by atoms with Gasteiger partial charge in [0, 0.05) is 52.4 Å². The van der Waals surface area contributed by atoms with Crippen LogP contribution in [0.25, 0.3) is 0 Å². The molecule has 0 rings (SSSR count). The van der Waals surface area contributed by atoms with Crippen LogP contribution < -0.4 is 0 Å². The third-order valence-corrected chi connectivity index (χ3v) is 0. The van der Waals surface area contributed by atoms with E-state index >= 15 is 0 Å². The largest absolute Gasteiger partial charge is 3.00 e. The molecular formula is Bi2Cr2O3. The SMILES string of the molecule is [Bi].[Bi].[Cr+3].[Cr+3].[O-2].[O-2].[O-2]. The van der Waals surface area contributed by atoms with Gasteiger partial charge in [-0.15, -0.1) is 0 Å². The summed E-state index contributed by atoms with van der Waals surface area (Å²) in [4.78, 5) is 0. The van der Waals surface area contributed by atoms with E-state index in [-0.39, 0.29) is 104 Å². The quantitative estimate of drug-likeness (QED) is 0.331. The average Bonchev–Trinajstić information content (AvgIpc) is 0. The molecule has 8 radical (unpaired) electrons. The predicted molar refractivity (Wildman–Crippen MR) is 13.6 cm³/mol. The van der Waals surface area contributed by atoms with Gasteiger partial charge in [0.05, 0.1) is 0 Å². The summed E-state index contributed by atoms with van der Waals surface area (Å²) in [5, 5.41) is 0. The maximum Gasteiger partial charge on any atom is 3.00 e. The Hall–Kier alpha value is 2.71. The van der Waals surface area contributed by atoms with Crippen molar-refractivity contribution in [2.24, 2.45) is 0 Å². The molecule has 0 unspecified atom stereocenters. The van der Waals surface area contributed by atoms with Gasteiger partial charge in [-0.25, -0.2) is 0 Å². The van der Waals surface area contributed by atoms with E-state index in [9.17, 15) is 0 Å². The molecule has 0 aliphatic rings. The van der Waals surface area contributed by atoms with Gasteiger partial charge in [-0.3, -0.25) is 0 Å². The summed E-state index contributed by atoms with van der Waals surface area (Å²) >= 11 is 0. The van der Waals surface area contributed by atoms with Crippen LogP contribution in [0.4, 0.5) is 0 Å². The van der Waals surface area contributed by atoms with Crippen molar-refractivity contribution in [1.82, 2.24) is 0 Å². The molecule has 7 heteroatoms. The van der Waals surface area contributed by atoms with Gasteiger partial charge in [0.15, 0.2) is 0 Å². The molecule has 0 N–H and O–H groups in total. The Balaban J connectivity index is 0. The Bertz CT molecular complexity index is 10.9. The molecule has 0 aromatic rings. The average molecular weight is 570 g/mol. The maximum absolute atomic E-state index is 0. The Morgan fingerprint density at radius 1 is 0.429 bits per heavy atom. The monoisotopic (exact) mass is 570 g/mol. The number of rotatable bonds is 0. The predicted octanol–water partition coefficient (Wildman–Crippen LogP) is -1.12. The molecule has 0 aromatic carbocycles. The fraction of sp³-hybridized carbons (Fsp3) is 0. The zero-order valence-electron chi connectivity index (χ0n) is 2.94. The van der Waals surface area contributed by atoms with Crippen LogP contribution in [0.2, 0.25) is 0 Å². The van der Waals surface area contributed by atoms with Crippen LogP contribution in [0.1, 0.15) is 0 Å². The van der Waals surface area contributed by atoms with E-state index in [1.807, 2.05) is 0 Å². The van der Waals surface area contributed by atoms with Crippen molar-refractivity contribution >= 4 is 52.4 Å². The van der Waals surface area contributed by atoms with Gasteiger partial charge in [-0.2, -0.15) is 0 Å². The van der Waals surface area contributed by atoms with Crippen LogP contribution in [0.15, 0.2) is 0 Å². The zero-order chi connectivity index (χ0) is 0. The minimum atomic E-state index is 0. The smallest absolute Gasteiger partial charge is 2.00 e. The van der Waals surface area contributed by atoms with Gasteiger partial charge in [-0.1, -0.05) is 0 Å². The molecule has 0 aliphatic carbocycles. The normalized spacial score (nSPS) is 0. The van der Waals surface area contributed by atoms with Crippen LogP contribution in [0, 0.1) is 0 Å². The van der Waals surface area contributed by atoms with E-state index in [1.54, 1.807) is 0 Å². The molecule has 0 aromatic heterocycles. The third kappa shape index (κ3) is 53.4. The van der Waals surface area contributed by atoms with Crippen LogP contribution in [0.5, 0.6) is 0 Å². The summed E-state index contributed by atoms with van der Waals surface area (Å²) in [6.45, 7) is 0. The van der Waals surface area contributed by atoms with Gasteiger partial charge in [0.25, 0.3) is 0 Å². The van der Waals surface area contributed by atoms with Gasteiger partial charge in [0.1, 0.15) is 0 Å². The van der Waals surface area contributed by atoms with Crippen molar-refractivity contribution in [1.29, 1.82) is 0 Å². The molecule has 0 saturated carbocycles. The molecule has 3 nitrogen and oxygen atoms in total. The van der Waals surface area contributed by atoms with E-state index in [0.717, 1.165) is 0 Å². The van der Waals surface area contributed by atoms with E-state index in [4.69, 9.17) is 0 Å². The van der Waals surface area contributed by atoms with Crippen molar-refractivity contribution in [3.8, 4) is 0 Å². The molecule has 0 amide bonds. The summed E-state index contributed by atoms with van der Waals surface area (Å²) < 4.78 is 0. The Labute approximate surface area is 102 Å². The van der Waals surface area contributed by atoms with Crippen molar-refractivity contribution < 1.29 is 51.2 Å². The molecule has 0 bridgehead atoms. The van der Waals surface area contributed by atoms with E-state index in [1.165, 1.54) is 0 Å². The van der Waals surface area contributed by atoms with Crippen LogP contribution in [-0.2, 0) is 51.2 Å². The topological polar surface area (TPSA) is 85.5 Å². The van der Waals surface area contributed by atoms with E-state index in [0.29, 0.717) is 0 Å². The van der Waals surface area contributed by atoms with Gasteiger partial charge in [-0.05, 0) is 0 Å². The standard InChI is InChI=1S/2Bi.2Cr.3O/q;;2*+3;3*-2. The molecule has 0 fully saturated rings. The number of hydrogen-bond donors (Lipinski definition) is 0. The van der Waals surface area contributed by atoms with Crippen LogP contribution >= 0.6 is 0 Å². The van der Waals surface area contributed by atoms with Crippen molar-refractivity contribution in [3.05, 3.63) is 0 Å².